The van der Waals surface area contributed by atoms with Gasteiger partial charge in [-0.25, -0.2) is 34.9 Å². The molecule has 6 rings (SSSR count). The summed E-state index contributed by atoms with van der Waals surface area (Å²) in [4.78, 5) is 42.6. The third kappa shape index (κ3) is 20.6. The number of benzene rings is 2. The molecule has 0 aliphatic heterocycles. The summed E-state index contributed by atoms with van der Waals surface area (Å²) < 4.78 is 41.7. The predicted molar refractivity (Wildman–Crippen MR) is 231 cm³/mol. The molecule has 15 nitrogen and oxygen atoms in total. The SMILES string of the molecule is CP(C)(=O)c1cc(-c2cncnc2)ccc1N.CP(C)(=O)c1cc(-c2cncnc2)ccc1Nc1nc(Cl)ncc1Br.Clc1ncc(Br)c(Cl)n1.O=CO[O-].[2H]CF.[H-].[K+].[K+]. The number of nitrogens with two attached hydrogens (primary N) is 1. The fourth-order valence-corrected chi connectivity index (χ4v) is 7.46. The average Bonchev–Trinajstić information content (AvgIpc) is 3.19. The number of hydrogen-bond donors (Lipinski definition) is 2. The van der Waals surface area contributed by atoms with Crippen LogP contribution in [0.5, 0.6) is 0 Å². The predicted octanol–water partition coefficient (Wildman–Crippen LogP) is 2.00. The van der Waals surface area contributed by atoms with Crippen molar-refractivity contribution in [2.75, 3.05) is 44.9 Å². The quantitative estimate of drug-likeness (QED) is 0.0341. The Balaban J connectivity index is 0. The van der Waals surface area contributed by atoms with E-state index in [1.54, 1.807) is 63.7 Å². The van der Waals surface area contributed by atoms with Crippen LogP contribution in [-0.4, -0.2) is 80.2 Å². The number of nitrogens with zero attached hydrogens (tertiary/aromatic N) is 8. The monoisotopic (exact) mass is 1080 g/mol. The van der Waals surface area contributed by atoms with Crippen LogP contribution in [0.1, 0.15) is 2.80 Å². The Morgan fingerprint density at radius 2 is 1.20 bits per heavy atom. The molecule has 0 spiro atoms. The Kier molecular flexibility index (Phi) is 28.3. The van der Waals surface area contributed by atoms with Gasteiger partial charge in [-0.3, -0.25) is 9.18 Å². The van der Waals surface area contributed by atoms with Gasteiger partial charge in [0.1, 0.15) is 37.9 Å². The Bertz CT molecular complexity index is 2360. The fraction of sp³-hybridized carbons (Fsp3) is 0.147. The summed E-state index contributed by atoms with van der Waals surface area (Å²) in [6.07, 6.45) is 12.9. The van der Waals surface area contributed by atoms with Crippen LogP contribution in [0, 0.1) is 0 Å². The molecule has 304 valence electrons. The number of alkyl halides is 1. The first-order valence-corrected chi connectivity index (χ1v) is 23.3. The van der Waals surface area contributed by atoms with Crippen molar-refractivity contribution in [3.8, 4) is 22.3 Å². The molecule has 0 atom stereocenters. The zero-order chi connectivity index (χ0) is 43.5. The summed E-state index contributed by atoms with van der Waals surface area (Å²) in [5, 5.41) is 13.6. The second-order valence-corrected chi connectivity index (χ2v) is 20.5. The van der Waals surface area contributed by atoms with Crippen molar-refractivity contribution < 1.29 is 134 Å². The molecule has 3 N–H and O–H groups in total. The zero-order valence-electron chi connectivity index (χ0n) is 34.2. The average molecular weight is 1090 g/mol. The van der Waals surface area contributed by atoms with Crippen LogP contribution in [0.25, 0.3) is 22.3 Å². The van der Waals surface area contributed by atoms with Crippen LogP contribution in [0.2, 0.25) is 15.7 Å². The first-order chi connectivity index (χ1) is 27.4. The molecule has 0 radical (unpaired) electrons. The van der Waals surface area contributed by atoms with Gasteiger partial charge in [-0.05, 0) is 117 Å². The molecular weight excluding hydrogens is 1050 g/mol. The molecule has 25 heteroatoms. The maximum Gasteiger partial charge on any atom is 1.00 e. The largest absolute Gasteiger partial charge is 1.00 e. The van der Waals surface area contributed by atoms with E-state index in [0.29, 0.717) is 41.9 Å². The minimum atomic E-state index is -2.56. The van der Waals surface area contributed by atoms with Gasteiger partial charge in [-0.15, -0.1) is 0 Å². The third-order valence-electron chi connectivity index (χ3n) is 6.66. The molecule has 6 aromatic rings. The van der Waals surface area contributed by atoms with E-state index in [2.05, 4.69) is 81.9 Å². The number of halogens is 6. The second kappa shape index (κ2) is 29.6. The molecule has 0 aliphatic carbocycles. The molecule has 4 heterocycles. The third-order valence-corrected chi connectivity index (χ3v) is 11.8. The molecule has 0 unspecified atom stereocenters. The van der Waals surface area contributed by atoms with E-state index in [4.69, 9.17) is 52.0 Å². The van der Waals surface area contributed by atoms with Crippen molar-refractivity contribution >= 4 is 115 Å². The van der Waals surface area contributed by atoms with E-state index in [0.717, 1.165) is 22.3 Å². The van der Waals surface area contributed by atoms with Crippen LogP contribution >= 0.6 is 80.9 Å². The summed E-state index contributed by atoms with van der Waals surface area (Å²) in [6.45, 7) is 6.69. The number of rotatable bonds is 7. The molecular formula is C34H34Br2Cl3FK2N10O5P2. The first-order valence-electron chi connectivity index (χ1n) is 16.1. The number of carbonyl (C=O) groups excluding carboxylic acids is 1. The van der Waals surface area contributed by atoms with Gasteiger partial charge >= 0.3 is 103 Å². The fourth-order valence-electron chi connectivity index (χ4n) is 4.24. The van der Waals surface area contributed by atoms with Gasteiger partial charge in [0.2, 0.25) is 10.6 Å². The number of anilines is 3. The summed E-state index contributed by atoms with van der Waals surface area (Å²) in [6, 6.07) is 11.2. The Labute approximate surface area is 460 Å². The number of carbonyl (C=O) groups is 1. The number of hydrogen-bond acceptors (Lipinski definition) is 15. The van der Waals surface area contributed by atoms with E-state index in [9.17, 15) is 13.5 Å². The summed E-state index contributed by atoms with van der Waals surface area (Å²) in [5.74, 6) is 0.505. The van der Waals surface area contributed by atoms with Crippen molar-refractivity contribution in [2.24, 2.45) is 0 Å². The maximum atomic E-state index is 12.8. The molecule has 0 fully saturated rings. The van der Waals surface area contributed by atoms with Crippen LogP contribution < -0.4 is 130 Å². The van der Waals surface area contributed by atoms with E-state index in [1.807, 2.05) is 30.3 Å². The Morgan fingerprint density at radius 1 is 0.780 bits per heavy atom. The normalized spacial score (nSPS) is 10.3. The minimum absolute atomic E-state index is 0. The van der Waals surface area contributed by atoms with E-state index < -0.39 is 21.4 Å². The molecule has 59 heavy (non-hydrogen) atoms. The molecule has 2 aromatic carbocycles. The maximum absolute atomic E-state index is 12.8. The van der Waals surface area contributed by atoms with Gasteiger partial charge in [0.05, 0.1) is 23.2 Å². The van der Waals surface area contributed by atoms with Crippen LogP contribution in [0.3, 0.4) is 0 Å². The molecule has 0 saturated heterocycles. The number of nitrogens with one attached hydrogen (secondary N) is 1. The van der Waals surface area contributed by atoms with Gasteiger partial charge in [0.15, 0.2) is 0 Å². The van der Waals surface area contributed by atoms with Crippen LogP contribution in [0.15, 0.2) is 95.2 Å². The first kappa shape index (κ1) is 56.3. The number of aromatic nitrogens is 8. The van der Waals surface area contributed by atoms with Gasteiger partial charge in [0, 0.05) is 64.6 Å². The zero-order valence-corrected chi connectivity index (χ0v) is 45.7. The van der Waals surface area contributed by atoms with Crippen molar-refractivity contribution in [1.29, 1.82) is 0 Å². The van der Waals surface area contributed by atoms with Gasteiger partial charge in [-0.2, -0.15) is 4.98 Å². The van der Waals surface area contributed by atoms with E-state index in [1.165, 1.54) is 18.9 Å². The Hall–Kier alpha value is -0.717. The van der Waals surface area contributed by atoms with Crippen molar-refractivity contribution in [3.05, 3.63) is 111 Å². The standard InChI is InChI=1S/C16H14BrClN5OP.C12H14N3OP.C4HBrCl2N2.CH3F.CH2O3.2K.H/c1-25(2,24)14-5-10(11-6-19-9-20-7-11)3-4-13(14)22-15-12(17)8-21-16(18)23-15;1-17(2,16)12-5-9(3-4-11(12)13)10-6-14-8-15-7-10;5-2-1-8-4(7)9-3(2)6;1-2;2-1-4-3;;;/h3-9H,1-2H3,(H,21,22,23);3-8H,13H2,1-2H3;1H;1H3;1,3H;;;/q;;;;;2*+1;-1/p-1/i;;;1D;;;;. The summed E-state index contributed by atoms with van der Waals surface area (Å²) in [5.41, 5.74) is 10.7. The van der Waals surface area contributed by atoms with Crippen molar-refractivity contribution in [2.45, 2.75) is 0 Å². The van der Waals surface area contributed by atoms with Crippen molar-refractivity contribution in [3.63, 3.8) is 0 Å². The van der Waals surface area contributed by atoms with Crippen LogP contribution in [0.4, 0.5) is 21.6 Å². The van der Waals surface area contributed by atoms with E-state index >= 15 is 0 Å². The molecule has 0 bridgehead atoms. The summed E-state index contributed by atoms with van der Waals surface area (Å²) >= 11 is 23.3. The molecule has 0 aliphatic rings. The second-order valence-electron chi connectivity index (χ2n) is 11.4. The van der Waals surface area contributed by atoms with E-state index in [-0.39, 0.29) is 121 Å². The number of nitrogen functional groups attached to an aromatic ring is 1. The van der Waals surface area contributed by atoms with Gasteiger partial charge < -0.3 is 31.8 Å². The van der Waals surface area contributed by atoms with Crippen LogP contribution in [-0.2, 0) is 18.8 Å². The Morgan fingerprint density at radius 3 is 1.63 bits per heavy atom. The van der Waals surface area contributed by atoms with Crippen molar-refractivity contribution in [1.82, 2.24) is 39.9 Å². The molecule has 0 saturated carbocycles. The molecule has 0 amide bonds. The topological polar surface area (TPSA) is 225 Å². The van der Waals surface area contributed by atoms with Gasteiger partial charge in [0.25, 0.3) is 6.47 Å². The van der Waals surface area contributed by atoms with Gasteiger partial charge in [-0.1, -0.05) is 23.7 Å². The molecule has 4 aromatic heterocycles. The minimum Gasteiger partial charge on any atom is -1.00 e. The summed E-state index contributed by atoms with van der Waals surface area (Å²) in [7, 11) is -5.93. The smallest absolute Gasteiger partial charge is 1.00 e.